The zero-order valence-electron chi connectivity index (χ0n) is 19.3. The standard InChI is InChI=1S/C24H25NOP.C5H5.Fe/c1-24(2,3)22-17-26-23(25-22)20-15-10-16-21(20)27(18-11-6-4-7-12-18)19-13-8-5-9-14-19;1-2-4-5-3-1;/h4-16,22H,17H2,1-3H3;1-5H;. The molecule has 5 rings (SSSR count). The molecule has 1 fully saturated rings. The Morgan fingerprint density at radius 3 is 1.85 bits per heavy atom. The molecular weight excluding hydrogens is 465 g/mol. The second-order valence-corrected chi connectivity index (χ2v) is 11.1. The normalized spacial score (nSPS) is 20.6. The Hall–Kier alpha value is -2.31. The van der Waals surface area contributed by atoms with Crippen molar-refractivity contribution in [2.24, 2.45) is 5.41 Å². The second-order valence-electron chi connectivity index (χ2n) is 8.92. The van der Waals surface area contributed by atoms with Crippen LogP contribution >= 0.6 is 7.92 Å². The third kappa shape index (κ3) is 6.39. The van der Waals surface area contributed by atoms with Crippen molar-refractivity contribution >= 4 is 18.5 Å². The molecule has 0 bridgehead atoms. The van der Waals surface area contributed by atoms with Gasteiger partial charge in [-0.3, -0.25) is 0 Å². The molecule has 2 aliphatic carbocycles. The Bertz CT molecular complexity index is 1010. The molecule has 1 unspecified atom stereocenters. The zero-order valence-corrected chi connectivity index (χ0v) is 21.3. The zero-order chi connectivity index (χ0) is 22.4. The van der Waals surface area contributed by atoms with Crippen LogP contribution in [0.15, 0.2) is 120 Å². The monoisotopic (exact) mass is 495 g/mol. The Balaban J connectivity index is 0.000000453. The van der Waals surface area contributed by atoms with Crippen molar-refractivity contribution in [3.8, 4) is 0 Å². The molecule has 2 radical (unpaired) electrons. The third-order valence-electron chi connectivity index (χ3n) is 5.50. The van der Waals surface area contributed by atoms with Crippen LogP contribution in [-0.2, 0) is 21.8 Å². The van der Waals surface area contributed by atoms with Gasteiger partial charge in [0.25, 0.3) is 0 Å². The van der Waals surface area contributed by atoms with Gasteiger partial charge in [0.05, 0.1) is 6.04 Å². The molecule has 170 valence electrons. The summed E-state index contributed by atoms with van der Waals surface area (Å²) in [6.07, 6.45) is 16.5. The topological polar surface area (TPSA) is 23.3 Å². The molecule has 0 N–H and O–H groups in total. The predicted molar refractivity (Wildman–Crippen MR) is 137 cm³/mol. The molecular formula is C29H30FeNOP. The summed E-state index contributed by atoms with van der Waals surface area (Å²) in [7, 11) is -0.649. The van der Waals surface area contributed by atoms with Gasteiger partial charge in [-0.25, -0.2) is 5.32 Å². The molecule has 1 atom stereocenters. The van der Waals surface area contributed by atoms with Crippen molar-refractivity contribution in [1.29, 1.82) is 0 Å². The minimum Gasteiger partial charge on any atom is -0.475 e. The molecule has 1 saturated heterocycles. The molecule has 2 nitrogen and oxygen atoms in total. The van der Waals surface area contributed by atoms with Crippen LogP contribution in [0, 0.1) is 11.8 Å². The van der Waals surface area contributed by atoms with Crippen molar-refractivity contribution in [3.05, 3.63) is 126 Å². The van der Waals surface area contributed by atoms with E-state index in [1.54, 1.807) is 0 Å². The fourth-order valence-electron chi connectivity index (χ4n) is 3.65. The van der Waals surface area contributed by atoms with Gasteiger partial charge in [-0.05, 0) is 35.3 Å². The predicted octanol–water partition coefficient (Wildman–Crippen LogP) is 6.15. The minimum absolute atomic E-state index is 0. The molecule has 1 aliphatic heterocycles. The Labute approximate surface area is 210 Å². The number of benzene rings is 2. The van der Waals surface area contributed by atoms with Gasteiger partial charge >= 0.3 is 0 Å². The smallest absolute Gasteiger partial charge is 0.217 e. The van der Waals surface area contributed by atoms with E-state index in [-0.39, 0.29) is 28.5 Å². The first kappa shape index (κ1) is 25.3. The second kappa shape index (κ2) is 11.7. The molecule has 0 amide bonds. The van der Waals surface area contributed by atoms with Gasteiger partial charge in [-0.15, -0.1) is 0 Å². The van der Waals surface area contributed by atoms with Crippen molar-refractivity contribution in [2.45, 2.75) is 26.8 Å². The van der Waals surface area contributed by atoms with Crippen LogP contribution in [0.4, 0.5) is 0 Å². The molecule has 33 heavy (non-hydrogen) atoms. The molecule has 2 aromatic carbocycles. The third-order valence-corrected chi connectivity index (χ3v) is 8.00. The maximum Gasteiger partial charge on any atom is 0.217 e. The number of hydrogen-bond donors (Lipinski definition) is 0. The van der Waals surface area contributed by atoms with Gasteiger partial charge in [-0.2, -0.15) is 0 Å². The van der Waals surface area contributed by atoms with E-state index in [1.807, 2.05) is 30.7 Å². The largest absolute Gasteiger partial charge is 0.475 e. The first-order valence-electron chi connectivity index (χ1n) is 11.1. The van der Waals surface area contributed by atoms with E-state index in [9.17, 15) is 0 Å². The fourth-order valence-corrected chi connectivity index (χ4v) is 6.09. The van der Waals surface area contributed by atoms with Crippen LogP contribution in [0.25, 0.3) is 0 Å². The van der Waals surface area contributed by atoms with E-state index in [1.165, 1.54) is 15.9 Å². The van der Waals surface area contributed by atoms with Crippen molar-refractivity contribution in [1.82, 2.24) is 5.32 Å². The van der Waals surface area contributed by atoms with Crippen LogP contribution in [0.2, 0.25) is 0 Å². The SMILES string of the molecule is CC(C)(C)C1COC(=C2C=CC=C2P(c2ccccc2)c2ccccc2)[N]1.[CH]1C=CC=C1.[Fe]. The molecule has 0 saturated carbocycles. The van der Waals surface area contributed by atoms with Crippen LogP contribution in [-0.4, -0.2) is 12.6 Å². The van der Waals surface area contributed by atoms with Gasteiger partial charge in [0.15, 0.2) is 0 Å². The van der Waals surface area contributed by atoms with Gasteiger partial charge in [0.1, 0.15) is 6.61 Å². The van der Waals surface area contributed by atoms with Gasteiger partial charge < -0.3 is 4.74 Å². The Morgan fingerprint density at radius 1 is 0.818 bits per heavy atom. The van der Waals surface area contributed by atoms with E-state index in [4.69, 9.17) is 10.1 Å². The van der Waals surface area contributed by atoms with Crippen LogP contribution in [0.3, 0.4) is 0 Å². The molecule has 2 aromatic rings. The summed E-state index contributed by atoms with van der Waals surface area (Å²) in [5, 5.41) is 8.94. The Morgan fingerprint density at radius 2 is 1.39 bits per heavy atom. The summed E-state index contributed by atoms with van der Waals surface area (Å²) in [5.74, 6) is 0.800. The average molecular weight is 495 g/mol. The van der Waals surface area contributed by atoms with E-state index >= 15 is 0 Å². The number of ether oxygens (including phenoxy) is 1. The Kier molecular flexibility index (Phi) is 8.98. The molecule has 4 heteroatoms. The van der Waals surface area contributed by atoms with Crippen LogP contribution in [0.1, 0.15) is 20.8 Å². The maximum atomic E-state index is 6.06. The first-order chi connectivity index (χ1) is 15.5. The number of allylic oxidation sites excluding steroid dienone is 9. The van der Waals surface area contributed by atoms with Gasteiger partial charge in [-0.1, -0.05) is 118 Å². The fraction of sp³-hybridized carbons (Fsp3) is 0.207. The number of rotatable bonds is 3. The van der Waals surface area contributed by atoms with Crippen molar-refractivity contribution < 1.29 is 21.8 Å². The molecule has 1 heterocycles. The summed E-state index contributed by atoms with van der Waals surface area (Å²) in [6, 6.07) is 21.7. The summed E-state index contributed by atoms with van der Waals surface area (Å²) < 4.78 is 6.06. The summed E-state index contributed by atoms with van der Waals surface area (Å²) in [5.41, 5.74) is 1.25. The van der Waals surface area contributed by atoms with Crippen LogP contribution < -0.4 is 15.9 Å². The summed E-state index contributed by atoms with van der Waals surface area (Å²) in [4.78, 5) is 0. The quantitative estimate of drug-likeness (QED) is 0.370. The van der Waals surface area contributed by atoms with Crippen molar-refractivity contribution in [3.63, 3.8) is 0 Å². The number of nitrogens with zero attached hydrogens (tertiary/aromatic N) is 1. The number of hydrogen-bond acceptors (Lipinski definition) is 1. The van der Waals surface area contributed by atoms with Gasteiger partial charge in [0.2, 0.25) is 5.88 Å². The molecule has 0 spiro atoms. The van der Waals surface area contributed by atoms with E-state index < -0.39 is 7.92 Å². The first-order valence-corrected chi connectivity index (χ1v) is 12.4. The minimum atomic E-state index is -0.649. The van der Waals surface area contributed by atoms with E-state index in [0.29, 0.717) is 6.61 Å². The van der Waals surface area contributed by atoms with E-state index in [0.717, 1.165) is 11.5 Å². The van der Waals surface area contributed by atoms with Crippen LogP contribution in [0.5, 0.6) is 0 Å². The van der Waals surface area contributed by atoms with Crippen molar-refractivity contribution in [2.75, 3.05) is 6.61 Å². The summed E-state index contributed by atoms with van der Waals surface area (Å²) in [6.45, 7) is 7.33. The van der Waals surface area contributed by atoms with E-state index in [2.05, 4.69) is 99.7 Å². The average Bonchev–Trinajstić information content (AvgIpc) is 3.58. The summed E-state index contributed by atoms with van der Waals surface area (Å²) >= 11 is 0. The van der Waals surface area contributed by atoms with Gasteiger partial charge in [0, 0.05) is 29.1 Å². The molecule has 3 aliphatic rings. The maximum absolute atomic E-state index is 6.06. The molecule has 0 aromatic heterocycles.